The molecule has 1 saturated heterocycles. The Labute approximate surface area is 102 Å². The van der Waals surface area contributed by atoms with Gasteiger partial charge in [0.1, 0.15) is 5.82 Å². The second-order valence-electron chi connectivity index (χ2n) is 3.87. The van der Waals surface area contributed by atoms with Crippen LogP contribution in [0.3, 0.4) is 0 Å². The van der Waals surface area contributed by atoms with Gasteiger partial charge in [0.15, 0.2) is 5.82 Å². The van der Waals surface area contributed by atoms with Crippen LogP contribution in [0.4, 0.5) is 19.3 Å². The molecule has 0 unspecified atom stereocenters. The molecular weight excluding hydrogens is 250 g/mol. The number of anilines is 1. The highest BCUT2D eigenvalue weighted by molar-refractivity contribution is 6.33. The smallest absolute Gasteiger partial charge is 0.321 e. The Bertz CT molecular complexity index is 424. The Kier molecular flexibility index (Phi) is 3.47. The number of benzene rings is 1. The lowest BCUT2D eigenvalue weighted by Gasteiger charge is -2.17. The van der Waals surface area contributed by atoms with Crippen molar-refractivity contribution in [2.45, 2.75) is 12.8 Å². The molecule has 1 aromatic carbocycles. The van der Waals surface area contributed by atoms with Crippen molar-refractivity contribution in [1.82, 2.24) is 4.90 Å². The lowest BCUT2D eigenvalue weighted by Crippen LogP contribution is -2.32. The SMILES string of the molecule is O=C(Nc1c(F)cc(F)cc1Cl)N1CCCC1. The summed E-state index contributed by atoms with van der Waals surface area (Å²) in [6.07, 6.45) is 1.88. The Morgan fingerprint density at radius 2 is 1.94 bits per heavy atom. The molecule has 3 nitrogen and oxygen atoms in total. The molecule has 0 aliphatic carbocycles. The predicted octanol–water partition coefficient (Wildman–Crippen LogP) is 3.25. The number of likely N-dealkylation sites (tertiary alicyclic amines) is 1. The molecule has 0 atom stereocenters. The van der Waals surface area contributed by atoms with Crippen LogP contribution in [0.1, 0.15) is 12.8 Å². The van der Waals surface area contributed by atoms with Crippen molar-refractivity contribution in [3.8, 4) is 0 Å². The minimum Gasteiger partial charge on any atom is -0.325 e. The third kappa shape index (κ3) is 2.66. The van der Waals surface area contributed by atoms with E-state index < -0.39 is 17.7 Å². The highest BCUT2D eigenvalue weighted by Gasteiger charge is 2.20. The number of carbonyl (C=O) groups excluding carboxylic acids is 1. The summed E-state index contributed by atoms with van der Waals surface area (Å²) in [5.41, 5.74) is -0.176. The van der Waals surface area contributed by atoms with Gasteiger partial charge in [-0.1, -0.05) is 11.6 Å². The summed E-state index contributed by atoms with van der Waals surface area (Å²) in [6, 6.07) is 1.24. The second-order valence-corrected chi connectivity index (χ2v) is 4.28. The molecule has 2 rings (SSSR count). The molecule has 6 heteroatoms. The summed E-state index contributed by atoms with van der Waals surface area (Å²) in [6.45, 7) is 1.29. The zero-order valence-electron chi connectivity index (χ0n) is 8.97. The van der Waals surface area contributed by atoms with E-state index in [9.17, 15) is 13.6 Å². The lowest BCUT2D eigenvalue weighted by molar-refractivity contribution is 0.222. The van der Waals surface area contributed by atoms with Crippen molar-refractivity contribution in [3.63, 3.8) is 0 Å². The van der Waals surface area contributed by atoms with Crippen molar-refractivity contribution in [3.05, 3.63) is 28.8 Å². The van der Waals surface area contributed by atoms with Crippen molar-refractivity contribution in [2.24, 2.45) is 0 Å². The molecule has 17 heavy (non-hydrogen) atoms. The minimum absolute atomic E-state index is 0.143. The summed E-state index contributed by atoms with van der Waals surface area (Å²) < 4.78 is 26.2. The first-order valence-corrected chi connectivity index (χ1v) is 5.66. The quantitative estimate of drug-likeness (QED) is 0.826. The highest BCUT2D eigenvalue weighted by Crippen LogP contribution is 2.26. The molecule has 0 saturated carbocycles. The maximum Gasteiger partial charge on any atom is 0.321 e. The van der Waals surface area contributed by atoms with Crippen LogP contribution in [-0.4, -0.2) is 24.0 Å². The van der Waals surface area contributed by atoms with E-state index in [0.29, 0.717) is 19.2 Å². The monoisotopic (exact) mass is 260 g/mol. The maximum absolute atomic E-state index is 13.4. The van der Waals surface area contributed by atoms with Gasteiger partial charge in [0.25, 0.3) is 0 Å². The molecule has 0 bridgehead atoms. The number of hydrogen-bond acceptors (Lipinski definition) is 1. The summed E-state index contributed by atoms with van der Waals surface area (Å²) in [4.78, 5) is 13.3. The molecule has 1 fully saturated rings. The second kappa shape index (κ2) is 4.87. The first-order valence-electron chi connectivity index (χ1n) is 5.28. The van der Waals surface area contributed by atoms with Crippen LogP contribution in [0.5, 0.6) is 0 Å². The molecule has 92 valence electrons. The third-order valence-corrected chi connectivity index (χ3v) is 2.93. The summed E-state index contributed by atoms with van der Waals surface area (Å²) in [7, 11) is 0. The van der Waals surface area contributed by atoms with E-state index in [0.717, 1.165) is 18.9 Å². The van der Waals surface area contributed by atoms with Crippen LogP contribution >= 0.6 is 11.6 Å². The van der Waals surface area contributed by atoms with Gasteiger partial charge < -0.3 is 10.2 Å². The molecule has 0 radical (unpaired) electrons. The molecule has 1 aliphatic rings. The number of hydrogen-bond donors (Lipinski definition) is 1. The minimum atomic E-state index is -0.873. The first-order chi connectivity index (χ1) is 8.08. The van der Waals surface area contributed by atoms with Gasteiger partial charge in [0, 0.05) is 19.2 Å². The topological polar surface area (TPSA) is 32.3 Å². The summed E-state index contributed by atoms with van der Waals surface area (Å²) in [5, 5.41) is 2.22. The third-order valence-electron chi connectivity index (χ3n) is 2.63. The Morgan fingerprint density at radius 1 is 1.29 bits per heavy atom. The van der Waals surface area contributed by atoms with Gasteiger partial charge in [0.05, 0.1) is 10.7 Å². The van der Waals surface area contributed by atoms with Crippen molar-refractivity contribution in [2.75, 3.05) is 18.4 Å². The number of amides is 2. The number of rotatable bonds is 1. The fraction of sp³-hybridized carbons (Fsp3) is 0.364. The van der Waals surface area contributed by atoms with E-state index in [1.165, 1.54) is 0 Å². The van der Waals surface area contributed by atoms with E-state index in [4.69, 9.17) is 11.6 Å². The van der Waals surface area contributed by atoms with Gasteiger partial charge in [-0.3, -0.25) is 0 Å². The fourth-order valence-corrected chi connectivity index (χ4v) is 2.01. The van der Waals surface area contributed by atoms with Crippen LogP contribution in [-0.2, 0) is 0 Å². The van der Waals surface area contributed by atoms with Gasteiger partial charge in [0.2, 0.25) is 0 Å². The van der Waals surface area contributed by atoms with E-state index >= 15 is 0 Å². The highest BCUT2D eigenvalue weighted by atomic mass is 35.5. The van der Waals surface area contributed by atoms with Crippen LogP contribution in [0.2, 0.25) is 5.02 Å². The number of halogens is 3. The Balaban J connectivity index is 2.15. The largest absolute Gasteiger partial charge is 0.325 e. The molecule has 1 N–H and O–H groups in total. The standard InChI is InChI=1S/C11H11ClF2N2O/c12-8-5-7(13)6-9(14)10(8)15-11(17)16-3-1-2-4-16/h5-6H,1-4H2,(H,15,17). The Hall–Kier alpha value is -1.36. The number of carbonyl (C=O) groups is 1. The zero-order valence-corrected chi connectivity index (χ0v) is 9.73. The zero-order chi connectivity index (χ0) is 12.4. The fourth-order valence-electron chi connectivity index (χ4n) is 1.77. The Morgan fingerprint density at radius 3 is 2.53 bits per heavy atom. The van der Waals surface area contributed by atoms with Crippen molar-refractivity contribution >= 4 is 23.3 Å². The predicted molar refractivity (Wildman–Crippen MR) is 61.2 cm³/mol. The van der Waals surface area contributed by atoms with Crippen LogP contribution < -0.4 is 5.32 Å². The summed E-state index contributed by atoms with van der Waals surface area (Å²) >= 11 is 5.67. The molecular formula is C11H11ClF2N2O. The normalized spacial score (nSPS) is 15.1. The van der Waals surface area contributed by atoms with Gasteiger partial charge in [-0.2, -0.15) is 0 Å². The van der Waals surface area contributed by atoms with Gasteiger partial charge in [-0.05, 0) is 18.9 Å². The van der Waals surface area contributed by atoms with Crippen molar-refractivity contribution in [1.29, 1.82) is 0 Å². The van der Waals surface area contributed by atoms with E-state index in [1.807, 2.05) is 0 Å². The molecule has 1 heterocycles. The lowest BCUT2D eigenvalue weighted by atomic mass is 10.3. The average molecular weight is 261 g/mol. The van der Waals surface area contributed by atoms with Gasteiger partial charge >= 0.3 is 6.03 Å². The van der Waals surface area contributed by atoms with E-state index in [1.54, 1.807) is 4.90 Å². The molecule has 0 aromatic heterocycles. The van der Waals surface area contributed by atoms with Gasteiger partial charge in [-0.25, -0.2) is 13.6 Å². The molecule has 1 aliphatic heterocycles. The average Bonchev–Trinajstić information content (AvgIpc) is 2.76. The van der Waals surface area contributed by atoms with Crippen LogP contribution in [0.25, 0.3) is 0 Å². The van der Waals surface area contributed by atoms with Gasteiger partial charge in [-0.15, -0.1) is 0 Å². The summed E-state index contributed by atoms with van der Waals surface area (Å²) in [5.74, 6) is -1.64. The first kappa shape index (κ1) is 12.1. The van der Waals surface area contributed by atoms with Crippen LogP contribution in [0.15, 0.2) is 12.1 Å². The number of urea groups is 1. The van der Waals surface area contributed by atoms with E-state index in [2.05, 4.69) is 5.32 Å². The van der Waals surface area contributed by atoms with E-state index in [-0.39, 0.29) is 10.7 Å². The molecule has 1 aromatic rings. The number of nitrogens with zero attached hydrogens (tertiary/aromatic N) is 1. The number of nitrogens with one attached hydrogen (secondary N) is 1. The van der Waals surface area contributed by atoms with Crippen LogP contribution in [0, 0.1) is 11.6 Å². The maximum atomic E-state index is 13.4. The molecule has 2 amide bonds. The van der Waals surface area contributed by atoms with Crippen molar-refractivity contribution < 1.29 is 13.6 Å². The molecule has 0 spiro atoms.